The number of hydrogen-bond acceptors (Lipinski definition) is 6. The molecule has 4 rings (SSSR count). The number of ether oxygens (including phenoxy) is 2. The van der Waals surface area contributed by atoms with Gasteiger partial charge in [0.1, 0.15) is 11.5 Å². The number of rotatable bonds is 6. The third-order valence-electron chi connectivity index (χ3n) is 5.30. The summed E-state index contributed by atoms with van der Waals surface area (Å²) in [6.07, 6.45) is 2.05. The van der Waals surface area contributed by atoms with E-state index in [0.29, 0.717) is 29.6 Å². The first-order valence-corrected chi connectivity index (χ1v) is 10.6. The SMILES string of the molecule is COc1ccc(OC)c(NC(=O)CN2CCC(c3nc4ccccc4s3)CC2)c1. The van der Waals surface area contributed by atoms with Crippen molar-refractivity contribution in [3.63, 3.8) is 0 Å². The highest BCUT2D eigenvalue weighted by Crippen LogP contribution is 2.34. The Morgan fingerprint density at radius 1 is 1.17 bits per heavy atom. The van der Waals surface area contributed by atoms with Gasteiger partial charge in [-0.15, -0.1) is 11.3 Å². The molecule has 29 heavy (non-hydrogen) atoms. The number of amides is 1. The smallest absolute Gasteiger partial charge is 0.238 e. The molecule has 0 radical (unpaired) electrons. The highest BCUT2D eigenvalue weighted by atomic mass is 32.1. The Hall–Kier alpha value is -2.64. The highest BCUT2D eigenvalue weighted by molar-refractivity contribution is 7.18. The first kappa shape index (κ1) is 19.7. The number of likely N-dealkylation sites (tertiary alicyclic amines) is 1. The van der Waals surface area contributed by atoms with Crippen LogP contribution < -0.4 is 14.8 Å². The molecule has 1 fully saturated rings. The summed E-state index contributed by atoms with van der Waals surface area (Å²) in [6.45, 7) is 2.15. The van der Waals surface area contributed by atoms with Crippen molar-refractivity contribution in [2.75, 3.05) is 39.2 Å². The maximum Gasteiger partial charge on any atom is 0.238 e. The number of fused-ring (bicyclic) bond motifs is 1. The van der Waals surface area contributed by atoms with Crippen molar-refractivity contribution in [1.82, 2.24) is 9.88 Å². The molecule has 6 nitrogen and oxygen atoms in total. The Morgan fingerprint density at radius 2 is 1.97 bits per heavy atom. The van der Waals surface area contributed by atoms with Crippen molar-refractivity contribution >= 4 is 33.1 Å². The van der Waals surface area contributed by atoms with E-state index in [1.807, 2.05) is 6.07 Å². The number of anilines is 1. The van der Waals surface area contributed by atoms with E-state index in [0.717, 1.165) is 31.4 Å². The zero-order valence-electron chi connectivity index (χ0n) is 16.7. The van der Waals surface area contributed by atoms with Crippen molar-refractivity contribution in [2.45, 2.75) is 18.8 Å². The molecule has 152 valence electrons. The summed E-state index contributed by atoms with van der Waals surface area (Å²) in [7, 11) is 3.19. The topological polar surface area (TPSA) is 63.7 Å². The summed E-state index contributed by atoms with van der Waals surface area (Å²) in [5.41, 5.74) is 1.71. The highest BCUT2D eigenvalue weighted by Gasteiger charge is 2.24. The largest absolute Gasteiger partial charge is 0.497 e. The molecule has 1 aliphatic heterocycles. The molecule has 0 aliphatic carbocycles. The number of hydrogen-bond donors (Lipinski definition) is 1. The van der Waals surface area contributed by atoms with Gasteiger partial charge in [0.25, 0.3) is 0 Å². The van der Waals surface area contributed by atoms with Crippen molar-refractivity contribution in [3.8, 4) is 11.5 Å². The molecule has 1 saturated heterocycles. The predicted molar refractivity (Wildman–Crippen MR) is 116 cm³/mol. The summed E-state index contributed by atoms with van der Waals surface area (Å²) in [6, 6.07) is 13.7. The van der Waals surface area contributed by atoms with E-state index < -0.39 is 0 Å². The third kappa shape index (κ3) is 4.52. The quantitative estimate of drug-likeness (QED) is 0.661. The number of piperidine rings is 1. The second-order valence-corrected chi connectivity index (χ2v) is 8.25. The van der Waals surface area contributed by atoms with E-state index in [-0.39, 0.29) is 5.91 Å². The zero-order valence-corrected chi connectivity index (χ0v) is 17.5. The molecule has 2 heterocycles. The molecule has 7 heteroatoms. The minimum Gasteiger partial charge on any atom is -0.497 e. The average molecular weight is 412 g/mol. The molecule has 3 aromatic rings. The molecule has 0 bridgehead atoms. The number of nitrogens with zero attached hydrogens (tertiary/aromatic N) is 2. The van der Waals surface area contributed by atoms with Crippen LogP contribution in [0, 0.1) is 0 Å². The minimum absolute atomic E-state index is 0.0463. The fourth-order valence-corrected chi connectivity index (χ4v) is 4.84. The van der Waals surface area contributed by atoms with Gasteiger partial charge in [0.15, 0.2) is 0 Å². The van der Waals surface area contributed by atoms with Gasteiger partial charge in [0, 0.05) is 12.0 Å². The molecular formula is C22H25N3O3S. The Morgan fingerprint density at radius 3 is 2.69 bits per heavy atom. The summed E-state index contributed by atoms with van der Waals surface area (Å²) in [5.74, 6) is 1.73. The number of nitrogens with one attached hydrogen (secondary N) is 1. The van der Waals surface area contributed by atoms with Crippen LogP contribution >= 0.6 is 11.3 Å². The minimum atomic E-state index is -0.0463. The summed E-state index contributed by atoms with van der Waals surface area (Å²) >= 11 is 1.79. The second kappa shape index (κ2) is 8.80. The number of benzene rings is 2. The Kier molecular flexibility index (Phi) is 5.97. The fraction of sp³-hybridized carbons (Fsp3) is 0.364. The maximum atomic E-state index is 12.6. The average Bonchev–Trinajstić information content (AvgIpc) is 3.18. The monoisotopic (exact) mass is 411 g/mol. The maximum absolute atomic E-state index is 12.6. The zero-order chi connectivity index (χ0) is 20.2. The number of thiazole rings is 1. The van der Waals surface area contributed by atoms with E-state index in [2.05, 4.69) is 28.4 Å². The summed E-state index contributed by atoms with van der Waals surface area (Å²) in [4.78, 5) is 19.6. The molecule has 0 unspecified atom stereocenters. The van der Waals surface area contributed by atoms with E-state index in [1.165, 1.54) is 9.71 Å². The number of methoxy groups -OCH3 is 2. The molecule has 1 aliphatic rings. The van der Waals surface area contributed by atoms with Crippen LogP contribution in [0.4, 0.5) is 5.69 Å². The molecular weight excluding hydrogens is 386 g/mol. The Labute approximate surface area is 174 Å². The lowest BCUT2D eigenvalue weighted by atomic mass is 9.97. The third-order valence-corrected chi connectivity index (χ3v) is 6.49. The summed E-state index contributed by atoms with van der Waals surface area (Å²) < 4.78 is 11.8. The Bertz CT molecular complexity index is 963. The van der Waals surface area contributed by atoms with Crippen molar-refractivity contribution < 1.29 is 14.3 Å². The molecule has 0 saturated carbocycles. The van der Waals surface area contributed by atoms with Gasteiger partial charge < -0.3 is 14.8 Å². The van der Waals surface area contributed by atoms with Crippen molar-refractivity contribution in [3.05, 3.63) is 47.5 Å². The van der Waals surface area contributed by atoms with Crippen LogP contribution in [-0.4, -0.2) is 49.6 Å². The molecule has 1 amide bonds. The van der Waals surface area contributed by atoms with Gasteiger partial charge in [-0.3, -0.25) is 9.69 Å². The first-order valence-electron chi connectivity index (χ1n) is 9.76. The van der Waals surface area contributed by atoms with E-state index in [4.69, 9.17) is 14.5 Å². The van der Waals surface area contributed by atoms with Crippen LogP contribution in [0.1, 0.15) is 23.8 Å². The lowest BCUT2D eigenvalue weighted by Gasteiger charge is -2.30. The van der Waals surface area contributed by atoms with Crippen LogP contribution in [0.25, 0.3) is 10.2 Å². The normalized spacial score (nSPS) is 15.4. The number of carbonyl (C=O) groups excluding carboxylic acids is 1. The van der Waals surface area contributed by atoms with Crippen LogP contribution in [0.5, 0.6) is 11.5 Å². The summed E-state index contributed by atoms with van der Waals surface area (Å²) in [5, 5.41) is 4.17. The van der Waals surface area contributed by atoms with E-state index in [1.54, 1.807) is 43.8 Å². The van der Waals surface area contributed by atoms with Crippen LogP contribution in [0.2, 0.25) is 0 Å². The van der Waals surface area contributed by atoms with E-state index in [9.17, 15) is 4.79 Å². The van der Waals surface area contributed by atoms with Gasteiger partial charge in [0.05, 0.1) is 41.7 Å². The Balaban J connectivity index is 1.33. The van der Waals surface area contributed by atoms with Gasteiger partial charge in [-0.1, -0.05) is 12.1 Å². The van der Waals surface area contributed by atoms with Crippen LogP contribution in [-0.2, 0) is 4.79 Å². The van der Waals surface area contributed by atoms with Gasteiger partial charge in [-0.05, 0) is 50.2 Å². The first-order chi connectivity index (χ1) is 14.2. The predicted octanol–water partition coefficient (Wildman–Crippen LogP) is 4.13. The van der Waals surface area contributed by atoms with Gasteiger partial charge >= 0.3 is 0 Å². The fourth-order valence-electron chi connectivity index (χ4n) is 3.71. The number of para-hydroxylation sites is 1. The van der Waals surface area contributed by atoms with Crippen molar-refractivity contribution in [2.24, 2.45) is 0 Å². The number of carbonyl (C=O) groups is 1. The second-order valence-electron chi connectivity index (χ2n) is 7.18. The lowest BCUT2D eigenvalue weighted by Crippen LogP contribution is -2.38. The molecule has 2 aromatic carbocycles. The molecule has 0 atom stereocenters. The molecule has 1 aromatic heterocycles. The van der Waals surface area contributed by atoms with Crippen molar-refractivity contribution in [1.29, 1.82) is 0 Å². The molecule has 0 spiro atoms. The molecule has 1 N–H and O–H groups in total. The van der Waals surface area contributed by atoms with Crippen LogP contribution in [0.15, 0.2) is 42.5 Å². The van der Waals surface area contributed by atoms with E-state index >= 15 is 0 Å². The number of aromatic nitrogens is 1. The standard InChI is InChI=1S/C22H25N3O3S/c1-27-16-7-8-19(28-2)18(13-16)23-21(26)14-25-11-9-15(10-12-25)22-24-17-5-3-4-6-20(17)29-22/h3-8,13,15H,9-12,14H2,1-2H3,(H,23,26). The van der Waals surface area contributed by atoms with Gasteiger partial charge in [-0.25, -0.2) is 4.98 Å². The van der Waals surface area contributed by atoms with Gasteiger partial charge in [0.2, 0.25) is 5.91 Å². The van der Waals surface area contributed by atoms with Crippen LogP contribution in [0.3, 0.4) is 0 Å². The van der Waals surface area contributed by atoms with Gasteiger partial charge in [-0.2, -0.15) is 0 Å². The lowest BCUT2D eigenvalue weighted by molar-refractivity contribution is -0.117.